The maximum absolute atomic E-state index is 12.3. The number of para-hydroxylation sites is 2. The van der Waals surface area contributed by atoms with Gasteiger partial charge in [-0.05, 0) is 49.7 Å². The Bertz CT molecular complexity index is 777. The second kappa shape index (κ2) is 8.64. The Morgan fingerprint density at radius 3 is 2.44 bits per heavy atom. The van der Waals surface area contributed by atoms with Crippen molar-refractivity contribution in [2.24, 2.45) is 11.8 Å². The molecule has 0 spiro atoms. The molecule has 1 aromatic heterocycles. The molecule has 4 rings (SSSR count). The van der Waals surface area contributed by atoms with Gasteiger partial charge in [-0.1, -0.05) is 51.2 Å². The zero-order valence-corrected chi connectivity index (χ0v) is 16.7. The molecule has 1 aliphatic carbocycles. The summed E-state index contributed by atoms with van der Waals surface area (Å²) in [5.74, 6) is 1.69. The summed E-state index contributed by atoms with van der Waals surface area (Å²) in [4.78, 5) is 15.0. The third-order valence-electron chi connectivity index (χ3n) is 6.89. The molecule has 27 heavy (non-hydrogen) atoms. The molecule has 2 heterocycles. The van der Waals surface area contributed by atoms with E-state index in [1.807, 2.05) is 28.8 Å². The molecule has 2 fully saturated rings. The molecular formula is C23H34N2O2. The zero-order chi connectivity index (χ0) is 18.6. The van der Waals surface area contributed by atoms with Crippen LogP contribution in [0, 0.1) is 11.8 Å². The second-order valence-electron chi connectivity index (χ2n) is 8.77. The van der Waals surface area contributed by atoms with Crippen LogP contribution >= 0.6 is 0 Å². The molecule has 1 aromatic carbocycles. The van der Waals surface area contributed by atoms with Crippen molar-refractivity contribution in [3.05, 3.63) is 34.8 Å². The van der Waals surface area contributed by atoms with E-state index >= 15 is 0 Å². The van der Waals surface area contributed by atoms with E-state index in [0.29, 0.717) is 5.58 Å². The summed E-state index contributed by atoms with van der Waals surface area (Å²) in [6, 6.07) is 8.08. The highest BCUT2D eigenvalue weighted by Crippen LogP contribution is 2.33. The monoisotopic (exact) mass is 370 g/mol. The molecule has 4 nitrogen and oxygen atoms in total. The molecule has 1 saturated carbocycles. The molecule has 0 atom stereocenters. The minimum Gasteiger partial charge on any atom is -0.408 e. The first-order valence-electron chi connectivity index (χ1n) is 11.1. The van der Waals surface area contributed by atoms with E-state index in [9.17, 15) is 4.79 Å². The van der Waals surface area contributed by atoms with Crippen LogP contribution in [0.25, 0.3) is 11.1 Å². The molecule has 0 N–H and O–H groups in total. The predicted octanol–water partition coefficient (Wildman–Crippen LogP) is 5.23. The molecular weight excluding hydrogens is 336 g/mol. The SMILES string of the molecule is CCCCC1CCC(CN2CCC(n3c(=O)oc4ccccc43)CC2)CC1. The van der Waals surface area contributed by atoms with Crippen LogP contribution < -0.4 is 5.76 Å². The van der Waals surface area contributed by atoms with Crippen molar-refractivity contribution in [1.29, 1.82) is 0 Å². The lowest BCUT2D eigenvalue weighted by atomic mass is 9.79. The second-order valence-corrected chi connectivity index (χ2v) is 8.77. The first kappa shape index (κ1) is 18.8. The Balaban J connectivity index is 1.28. The lowest BCUT2D eigenvalue weighted by Gasteiger charge is -2.36. The fraction of sp³-hybridized carbons (Fsp3) is 0.696. The van der Waals surface area contributed by atoms with E-state index in [2.05, 4.69) is 11.8 Å². The van der Waals surface area contributed by atoms with Crippen molar-refractivity contribution < 1.29 is 4.42 Å². The maximum atomic E-state index is 12.3. The summed E-state index contributed by atoms with van der Waals surface area (Å²) in [6.45, 7) is 5.77. The largest absolute Gasteiger partial charge is 0.420 e. The zero-order valence-electron chi connectivity index (χ0n) is 16.7. The van der Waals surface area contributed by atoms with E-state index < -0.39 is 0 Å². The third kappa shape index (κ3) is 4.31. The lowest BCUT2D eigenvalue weighted by molar-refractivity contribution is 0.135. The molecule has 148 valence electrons. The van der Waals surface area contributed by atoms with Crippen LogP contribution in [0.1, 0.15) is 70.8 Å². The molecule has 1 saturated heterocycles. The number of hydrogen-bond acceptors (Lipinski definition) is 3. The first-order valence-corrected chi connectivity index (χ1v) is 11.1. The molecule has 1 aliphatic heterocycles. The molecule has 2 aromatic rings. The maximum Gasteiger partial charge on any atom is 0.420 e. The quantitative estimate of drug-likeness (QED) is 0.699. The number of nitrogens with zero attached hydrogens (tertiary/aromatic N) is 2. The van der Waals surface area contributed by atoms with Gasteiger partial charge in [-0.3, -0.25) is 4.57 Å². The Kier molecular flexibility index (Phi) is 6.01. The summed E-state index contributed by atoms with van der Waals surface area (Å²) in [5, 5.41) is 0. The molecule has 4 heteroatoms. The highest BCUT2D eigenvalue weighted by atomic mass is 16.4. The van der Waals surface area contributed by atoms with Gasteiger partial charge in [-0.2, -0.15) is 0 Å². The number of fused-ring (bicyclic) bond motifs is 1. The number of benzene rings is 1. The van der Waals surface area contributed by atoms with Gasteiger partial charge in [0, 0.05) is 25.7 Å². The summed E-state index contributed by atoms with van der Waals surface area (Å²) in [7, 11) is 0. The number of aromatic nitrogens is 1. The Morgan fingerprint density at radius 2 is 1.70 bits per heavy atom. The van der Waals surface area contributed by atoms with Crippen LogP contribution in [0.4, 0.5) is 0 Å². The van der Waals surface area contributed by atoms with E-state index in [1.165, 1.54) is 51.5 Å². The predicted molar refractivity (Wildman–Crippen MR) is 110 cm³/mol. The highest BCUT2D eigenvalue weighted by Gasteiger charge is 2.27. The van der Waals surface area contributed by atoms with Gasteiger partial charge >= 0.3 is 5.76 Å². The van der Waals surface area contributed by atoms with Crippen LogP contribution in [0.5, 0.6) is 0 Å². The summed E-state index contributed by atoms with van der Waals surface area (Å²) >= 11 is 0. The molecule has 2 aliphatic rings. The summed E-state index contributed by atoms with van der Waals surface area (Å²) in [5.41, 5.74) is 1.66. The van der Waals surface area contributed by atoms with Gasteiger partial charge in [0.05, 0.1) is 5.52 Å². The number of oxazole rings is 1. The van der Waals surface area contributed by atoms with Crippen LogP contribution in [0.3, 0.4) is 0 Å². The highest BCUT2D eigenvalue weighted by molar-refractivity contribution is 5.72. The van der Waals surface area contributed by atoms with E-state index in [-0.39, 0.29) is 11.8 Å². The fourth-order valence-corrected chi connectivity index (χ4v) is 5.25. The van der Waals surface area contributed by atoms with E-state index in [1.54, 1.807) is 0 Å². The van der Waals surface area contributed by atoms with Crippen molar-refractivity contribution in [3.8, 4) is 0 Å². The van der Waals surface area contributed by atoms with Crippen molar-refractivity contribution in [2.75, 3.05) is 19.6 Å². The first-order chi connectivity index (χ1) is 13.2. The van der Waals surface area contributed by atoms with Gasteiger partial charge in [-0.25, -0.2) is 4.79 Å². The smallest absolute Gasteiger partial charge is 0.408 e. The number of likely N-dealkylation sites (tertiary alicyclic amines) is 1. The van der Waals surface area contributed by atoms with Gasteiger partial charge in [-0.15, -0.1) is 0 Å². The van der Waals surface area contributed by atoms with Gasteiger partial charge in [0.25, 0.3) is 0 Å². The fourth-order valence-electron chi connectivity index (χ4n) is 5.25. The topological polar surface area (TPSA) is 38.4 Å². The van der Waals surface area contributed by atoms with Crippen LogP contribution in [0.15, 0.2) is 33.5 Å². The van der Waals surface area contributed by atoms with Crippen molar-refractivity contribution in [1.82, 2.24) is 9.47 Å². The Morgan fingerprint density at radius 1 is 1.00 bits per heavy atom. The number of hydrogen-bond donors (Lipinski definition) is 0. The van der Waals surface area contributed by atoms with E-state index in [4.69, 9.17) is 4.42 Å². The van der Waals surface area contributed by atoms with Crippen LogP contribution in [-0.4, -0.2) is 29.1 Å². The number of rotatable bonds is 6. The summed E-state index contributed by atoms with van der Waals surface area (Å²) < 4.78 is 7.33. The standard InChI is InChI=1S/C23H34N2O2/c1-2-3-6-18-9-11-19(12-10-18)17-24-15-13-20(14-16-24)25-21-7-4-5-8-22(21)27-23(25)26/h4-5,7-8,18-20H,2-3,6,9-17H2,1H3. The van der Waals surface area contributed by atoms with Gasteiger partial charge < -0.3 is 9.32 Å². The summed E-state index contributed by atoms with van der Waals surface area (Å²) in [6.07, 6.45) is 12.0. The molecule has 0 unspecified atom stereocenters. The van der Waals surface area contributed by atoms with Gasteiger partial charge in [0.2, 0.25) is 0 Å². The van der Waals surface area contributed by atoms with Crippen LogP contribution in [-0.2, 0) is 0 Å². The van der Waals surface area contributed by atoms with Gasteiger partial charge in [0.15, 0.2) is 5.58 Å². The van der Waals surface area contributed by atoms with Crippen molar-refractivity contribution in [2.45, 2.75) is 70.8 Å². The Labute approximate surface area is 162 Å². The third-order valence-corrected chi connectivity index (χ3v) is 6.89. The van der Waals surface area contributed by atoms with Gasteiger partial charge in [0.1, 0.15) is 0 Å². The average Bonchev–Trinajstić information content (AvgIpc) is 3.04. The lowest BCUT2D eigenvalue weighted by Crippen LogP contribution is -2.39. The van der Waals surface area contributed by atoms with Crippen molar-refractivity contribution in [3.63, 3.8) is 0 Å². The minimum atomic E-state index is -0.194. The molecule has 0 radical (unpaired) electrons. The minimum absolute atomic E-state index is 0.194. The van der Waals surface area contributed by atoms with Crippen LogP contribution in [0.2, 0.25) is 0 Å². The van der Waals surface area contributed by atoms with Crippen molar-refractivity contribution >= 4 is 11.1 Å². The Hall–Kier alpha value is -1.55. The normalized spacial score (nSPS) is 25.2. The number of unbranched alkanes of at least 4 members (excludes halogenated alkanes) is 1. The molecule has 0 bridgehead atoms. The average molecular weight is 371 g/mol. The molecule has 0 amide bonds. The van der Waals surface area contributed by atoms with E-state index in [0.717, 1.165) is 43.3 Å². The number of piperidine rings is 1.